The molecule has 0 bridgehead atoms. The molecule has 3 heteroatoms. The molecule has 0 saturated carbocycles. The average Bonchev–Trinajstić information content (AvgIpc) is 2.11. The van der Waals surface area contributed by atoms with Crippen molar-refractivity contribution in [3.8, 4) is 0 Å². The van der Waals surface area contributed by atoms with Crippen molar-refractivity contribution in [1.82, 2.24) is 0 Å². The lowest BCUT2D eigenvalue weighted by Gasteiger charge is -2.07. The zero-order valence-corrected chi connectivity index (χ0v) is 8.12. The summed E-state index contributed by atoms with van der Waals surface area (Å²) in [6, 6.07) is 0. The summed E-state index contributed by atoms with van der Waals surface area (Å²) in [5.41, 5.74) is 0. The van der Waals surface area contributed by atoms with E-state index in [-0.39, 0.29) is 12.2 Å². The number of aliphatic carboxylic acids is 1. The van der Waals surface area contributed by atoms with E-state index in [2.05, 4.69) is 6.92 Å². The fourth-order valence-corrected chi connectivity index (χ4v) is 0.821. The van der Waals surface area contributed by atoms with Crippen molar-refractivity contribution in [2.75, 3.05) is 0 Å². The Kier molecular flexibility index (Phi) is 5.85. The van der Waals surface area contributed by atoms with E-state index in [1.807, 2.05) is 6.08 Å². The fourth-order valence-electron chi connectivity index (χ4n) is 0.821. The number of rotatable bonds is 1. The summed E-state index contributed by atoms with van der Waals surface area (Å²) >= 11 is 0. The molecule has 0 fully saturated rings. The van der Waals surface area contributed by atoms with Crippen molar-refractivity contribution in [3.63, 3.8) is 0 Å². The molecule has 0 saturated heterocycles. The largest absolute Gasteiger partial charge is 0.481 e. The summed E-state index contributed by atoms with van der Waals surface area (Å²) < 4.78 is 0. The molecule has 0 heterocycles. The number of carbonyl (C=O) groups excluding carboxylic acids is 1. The minimum absolute atomic E-state index is 0.222. The zero-order valence-electron chi connectivity index (χ0n) is 8.12. The highest BCUT2D eigenvalue weighted by Crippen LogP contribution is 2.12. The predicted molar refractivity (Wildman–Crippen MR) is 50.5 cm³/mol. The molecule has 0 aromatic rings. The number of carbonyl (C=O) groups is 2. The number of ketones is 1. The monoisotopic (exact) mass is 184 g/mol. The molecule has 1 aliphatic rings. The molecule has 13 heavy (non-hydrogen) atoms. The third-order valence-corrected chi connectivity index (χ3v) is 1.76. The maximum Gasteiger partial charge on any atom is 0.303 e. The lowest BCUT2D eigenvalue weighted by Crippen LogP contribution is -2.03. The molecule has 1 N–H and O–H groups in total. The van der Waals surface area contributed by atoms with Crippen LogP contribution in [0.2, 0.25) is 0 Å². The van der Waals surface area contributed by atoms with Gasteiger partial charge in [0.15, 0.2) is 5.78 Å². The highest BCUT2D eigenvalue weighted by Gasteiger charge is 2.06. The Morgan fingerprint density at radius 3 is 2.46 bits per heavy atom. The quantitative estimate of drug-likeness (QED) is 0.678. The fraction of sp³-hybridized carbons (Fsp3) is 0.600. The Bertz CT molecular complexity index is 206. The molecule has 1 rings (SSSR count). The molecule has 1 atom stereocenters. The van der Waals surface area contributed by atoms with E-state index in [9.17, 15) is 9.59 Å². The van der Waals surface area contributed by atoms with Crippen molar-refractivity contribution in [1.29, 1.82) is 0 Å². The van der Waals surface area contributed by atoms with Crippen LogP contribution in [0.1, 0.15) is 33.1 Å². The Hall–Kier alpha value is -1.12. The standard InChI is InChI=1S/C7H10O.C3H6O2/c1-6-2-4-7(8)5-3-6;1-2-3(4)5/h2,4,6H,3,5H2,1H3;2H2,1H3,(H,4,5). The van der Waals surface area contributed by atoms with Gasteiger partial charge < -0.3 is 5.11 Å². The first-order chi connectivity index (χ1) is 6.06. The molecule has 1 aliphatic carbocycles. The average molecular weight is 184 g/mol. The zero-order chi connectivity index (χ0) is 10.3. The number of carboxylic acids is 1. The van der Waals surface area contributed by atoms with Gasteiger partial charge in [-0.1, -0.05) is 19.9 Å². The third-order valence-electron chi connectivity index (χ3n) is 1.76. The first-order valence-corrected chi connectivity index (χ1v) is 4.49. The smallest absolute Gasteiger partial charge is 0.303 e. The Balaban J connectivity index is 0.000000252. The van der Waals surface area contributed by atoms with Gasteiger partial charge in [0.1, 0.15) is 0 Å². The van der Waals surface area contributed by atoms with Crippen LogP contribution in [0.3, 0.4) is 0 Å². The number of allylic oxidation sites excluding steroid dienone is 2. The maximum absolute atomic E-state index is 10.5. The van der Waals surface area contributed by atoms with Crippen molar-refractivity contribution in [2.24, 2.45) is 5.92 Å². The van der Waals surface area contributed by atoms with E-state index in [0.717, 1.165) is 12.8 Å². The van der Waals surface area contributed by atoms with E-state index >= 15 is 0 Å². The van der Waals surface area contributed by atoms with Gasteiger partial charge in [0.2, 0.25) is 0 Å². The van der Waals surface area contributed by atoms with Crippen LogP contribution in [0, 0.1) is 5.92 Å². The summed E-state index contributed by atoms with van der Waals surface area (Å²) in [5, 5.41) is 7.72. The number of carboxylic acid groups (broad SMARTS) is 1. The first kappa shape index (κ1) is 11.9. The summed E-state index contributed by atoms with van der Waals surface area (Å²) in [7, 11) is 0. The lowest BCUT2D eigenvalue weighted by molar-refractivity contribution is -0.136. The Labute approximate surface area is 78.5 Å². The Morgan fingerprint density at radius 2 is 2.23 bits per heavy atom. The van der Waals surface area contributed by atoms with Gasteiger partial charge in [0.25, 0.3) is 0 Å². The van der Waals surface area contributed by atoms with Crippen LogP contribution in [-0.4, -0.2) is 16.9 Å². The van der Waals surface area contributed by atoms with Gasteiger partial charge >= 0.3 is 5.97 Å². The van der Waals surface area contributed by atoms with E-state index in [1.54, 1.807) is 13.0 Å². The Morgan fingerprint density at radius 1 is 1.69 bits per heavy atom. The van der Waals surface area contributed by atoms with E-state index in [4.69, 9.17) is 5.11 Å². The van der Waals surface area contributed by atoms with E-state index < -0.39 is 5.97 Å². The van der Waals surface area contributed by atoms with Crippen LogP contribution >= 0.6 is 0 Å². The van der Waals surface area contributed by atoms with Crippen LogP contribution in [-0.2, 0) is 9.59 Å². The van der Waals surface area contributed by atoms with Gasteiger partial charge in [0, 0.05) is 12.8 Å². The van der Waals surface area contributed by atoms with Crippen molar-refractivity contribution < 1.29 is 14.7 Å². The topological polar surface area (TPSA) is 54.4 Å². The van der Waals surface area contributed by atoms with Crippen LogP contribution in [0.5, 0.6) is 0 Å². The highest BCUT2D eigenvalue weighted by molar-refractivity contribution is 5.90. The summed E-state index contributed by atoms with van der Waals surface area (Å²) in [6.45, 7) is 3.73. The van der Waals surface area contributed by atoms with Gasteiger partial charge in [-0.2, -0.15) is 0 Å². The van der Waals surface area contributed by atoms with Crippen molar-refractivity contribution in [2.45, 2.75) is 33.1 Å². The molecule has 0 aromatic carbocycles. The normalized spacial score (nSPS) is 20.5. The molecular formula is C10H16O3. The van der Waals surface area contributed by atoms with E-state index in [1.165, 1.54) is 0 Å². The number of hydrogen-bond acceptors (Lipinski definition) is 2. The molecule has 0 amide bonds. The van der Waals surface area contributed by atoms with Gasteiger partial charge in [0.05, 0.1) is 0 Å². The molecule has 1 unspecified atom stereocenters. The van der Waals surface area contributed by atoms with Gasteiger partial charge in [-0.25, -0.2) is 0 Å². The molecule has 0 aliphatic heterocycles. The molecule has 3 nitrogen and oxygen atoms in total. The predicted octanol–water partition coefficient (Wildman–Crippen LogP) is 2.02. The molecule has 0 aromatic heterocycles. The molecule has 74 valence electrons. The van der Waals surface area contributed by atoms with Gasteiger partial charge in [-0.15, -0.1) is 0 Å². The summed E-state index contributed by atoms with van der Waals surface area (Å²) in [4.78, 5) is 19.9. The van der Waals surface area contributed by atoms with Crippen molar-refractivity contribution >= 4 is 11.8 Å². The van der Waals surface area contributed by atoms with Crippen LogP contribution in [0.15, 0.2) is 12.2 Å². The minimum atomic E-state index is -0.745. The second-order valence-electron chi connectivity index (χ2n) is 3.09. The second kappa shape index (κ2) is 6.40. The molecule has 0 radical (unpaired) electrons. The first-order valence-electron chi connectivity index (χ1n) is 4.49. The highest BCUT2D eigenvalue weighted by atomic mass is 16.4. The van der Waals surface area contributed by atoms with Crippen LogP contribution in [0.25, 0.3) is 0 Å². The van der Waals surface area contributed by atoms with Crippen LogP contribution < -0.4 is 0 Å². The van der Waals surface area contributed by atoms with Gasteiger partial charge in [-0.3, -0.25) is 9.59 Å². The third kappa shape index (κ3) is 7.25. The second-order valence-corrected chi connectivity index (χ2v) is 3.09. The molecule has 0 spiro atoms. The lowest BCUT2D eigenvalue weighted by atomic mass is 9.97. The maximum atomic E-state index is 10.5. The van der Waals surface area contributed by atoms with Crippen LogP contribution in [0.4, 0.5) is 0 Å². The SMILES string of the molecule is CC1C=CC(=O)CC1.CCC(=O)O. The van der Waals surface area contributed by atoms with Crippen molar-refractivity contribution in [3.05, 3.63) is 12.2 Å². The van der Waals surface area contributed by atoms with Gasteiger partial charge in [-0.05, 0) is 18.4 Å². The van der Waals surface area contributed by atoms with E-state index in [0.29, 0.717) is 5.92 Å². The summed E-state index contributed by atoms with van der Waals surface area (Å²) in [6.07, 6.45) is 5.67. The minimum Gasteiger partial charge on any atom is -0.481 e. The molecular weight excluding hydrogens is 168 g/mol. The number of hydrogen-bond donors (Lipinski definition) is 1. The summed E-state index contributed by atoms with van der Waals surface area (Å²) in [5.74, 6) is 0.154.